The molecule has 114 valence electrons. The molecule has 2 rings (SSSR count). The monoisotopic (exact) mass is 300 g/mol. The molecule has 1 fully saturated rings. The van der Waals surface area contributed by atoms with Crippen LogP contribution in [0, 0.1) is 5.92 Å². The van der Waals surface area contributed by atoms with Gasteiger partial charge in [0.25, 0.3) is 5.91 Å². The molecule has 0 saturated carbocycles. The first kappa shape index (κ1) is 17.0. The molecule has 1 amide bonds. The number of aromatic nitrogens is 2. The Labute approximate surface area is 126 Å². The van der Waals surface area contributed by atoms with Crippen LogP contribution < -0.4 is 5.73 Å². The van der Waals surface area contributed by atoms with Crippen LogP contribution in [0.2, 0.25) is 0 Å². The molecular formula is C14H25ClN4O. The third kappa shape index (κ3) is 3.73. The maximum Gasteiger partial charge on any atom is 0.274 e. The minimum atomic E-state index is 0. The Morgan fingerprint density at radius 2 is 2.20 bits per heavy atom. The van der Waals surface area contributed by atoms with Crippen molar-refractivity contribution in [1.82, 2.24) is 15.1 Å². The summed E-state index contributed by atoms with van der Waals surface area (Å²) in [5.41, 5.74) is 7.48. The molecule has 1 aliphatic heterocycles. The van der Waals surface area contributed by atoms with Crippen molar-refractivity contribution >= 4 is 18.3 Å². The Morgan fingerprint density at radius 1 is 1.50 bits per heavy atom. The van der Waals surface area contributed by atoms with Gasteiger partial charge in [-0.1, -0.05) is 13.8 Å². The van der Waals surface area contributed by atoms with E-state index in [9.17, 15) is 4.79 Å². The highest BCUT2D eigenvalue weighted by Crippen LogP contribution is 2.21. The number of nitrogens with two attached hydrogens (primary N) is 1. The highest BCUT2D eigenvalue weighted by molar-refractivity contribution is 5.92. The van der Waals surface area contributed by atoms with E-state index in [0.717, 1.165) is 31.6 Å². The number of nitrogens with zero attached hydrogens (tertiary/aromatic N) is 2. The largest absolute Gasteiger partial charge is 0.337 e. The summed E-state index contributed by atoms with van der Waals surface area (Å²) in [6.45, 7) is 7.74. The summed E-state index contributed by atoms with van der Waals surface area (Å²) in [7, 11) is 0. The molecule has 0 radical (unpaired) electrons. The fourth-order valence-electron chi connectivity index (χ4n) is 2.53. The Balaban J connectivity index is 0.00000200. The molecule has 0 spiro atoms. The van der Waals surface area contributed by atoms with E-state index in [4.69, 9.17) is 5.73 Å². The average molecular weight is 301 g/mol. The molecule has 2 unspecified atom stereocenters. The number of halogens is 1. The standard InChI is InChI=1S/C14H24N4O.ClH/c1-9(2)12-7-13(17-16-12)14(19)18-6-4-5-11(8-18)10(3)15;/h7,9-11H,4-6,8,15H2,1-3H3,(H,16,17);1H. The van der Waals surface area contributed by atoms with Gasteiger partial charge in [-0.3, -0.25) is 9.89 Å². The Bertz CT molecular complexity index is 444. The lowest BCUT2D eigenvalue weighted by atomic mass is 9.92. The summed E-state index contributed by atoms with van der Waals surface area (Å²) in [5, 5.41) is 7.07. The van der Waals surface area contributed by atoms with Crippen molar-refractivity contribution in [1.29, 1.82) is 0 Å². The Kier molecular flexibility index (Phi) is 6.02. The van der Waals surface area contributed by atoms with E-state index in [2.05, 4.69) is 24.0 Å². The van der Waals surface area contributed by atoms with E-state index < -0.39 is 0 Å². The minimum absolute atomic E-state index is 0. The first-order valence-corrected chi connectivity index (χ1v) is 7.09. The van der Waals surface area contributed by atoms with E-state index in [-0.39, 0.29) is 24.4 Å². The summed E-state index contributed by atoms with van der Waals surface area (Å²) in [5.74, 6) is 0.780. The normalized spacial score (nSPS) is 20.6. The van der Waals surface area contributed by atoms with Crippen LogP contribution in [0.5, 0.6) is 0 Å². The van der Waals surface area contributed by atoms with Crippen LogP contribution in [0.3, 0.4) is 0 Å². The van der Waals surface area contributed by atoms with Gasteiger partial charge in [0.2, 0.25) is 0 Å². The third-order valence-corrected chi connectivity index (χ3v) is 3.93. The lowest BCUT2D eigenvalue weighted by Crippen LogP contribution is -2.45. The number of likely N-dealkylation sites (tertiary alicyclic amines) is 1. The smallest absolute Gasteiger partial charge is 0.274 e. The van der Waals surface area contributed by atoms with Gasteiger partial charge in [-0.15, -0.1) is 12.4 Å². The number of aromatic amines is 1. The first-order chi connectivity index (χ1) is 8.99. The van der Waals surface area contributed by atoms with Crippen LogP contribution in [0.1, 0.15) is 55.7 Å². The molecule has 5 nitrogen and oxygen atoms in total. The predicted molar refractivity (Wildman–Crippen MR) is 82.2 cm³/mol. The number of H-pyrrole nitrogens is 1. The zero-order valence-electron chi connectivity index (χ0n) is 12.4. The quantitative estimate of drug-likeness (QED) is 0.898. The molecule has 20 heavy (non-hydrogen) atoms. The fourth-order valence-corrected chi connectivity index (χ4v) is 2.53. The number of rotatable bonds is 3. The van der Waals surface area contributed by atoms with Gasteiger partial charge >= 0.3 is 0 Å². The van der Waals surface area contributed by atoms with Gasteiger partial charge < -0.3 is 10.6 Å². The summed E-state index contributed by atoms with van der Waals surface area (Å²) in [6.07, 6.45) is 2.14. The van der Waals surface area contributed by atoms with Crippen molar-refractivity contribution in [3.8, 4) is 0 Å². The molecule has 2 atom stereocenters. The van der Waals surface area contributed by atoms with Gasteiger partial charge in [-0.25, -0.2) is 0 Å². The summed E-state index contributed by atoms with van der Waals surface area (Å²) >= 11 is 0. The number of carbonyl (C=O) groups excluding carboxylic acids is 1. The maximum absolute atomic E-state index is 12.4. The van der Waals surface area contributed by atoms with E-state index >= 15 is 0 Å². The van der Waals surface area contributed by atoms with Crippen LogP contribution in [-0.4, -0.2) is 40.1 Å². The molecule has 1 aliphatic rings. The van der Waals surface area contributed by atoms with Crippen molar-refractivity contribution in [2.75, 3.05) is 13.1 Å². The van der Waals surface area contributed by atoms with Gasteiger partial charge in [0, 0.05) is 24.8 Å². The van der Waals surface area contributed by atoms with Crippen molar-refractivity contribution in [2.24, 2.45) is 11.7 Å². The fraction of sp³-hybridized carbons (Fsp3) is 0.714. The van der Waals surface area contributed by atoms with Gasteiger partial charge in [0.1, 0.15) is 5.69 Å². The van der Waals surface area contributed by atoms with Gasteiger partial charge in [0.05, 0.1) is 0 Å². The highest BCUT2D eigenvalue weighted by Gasteiger charge is 2.27. The summed E-state index contributed by atoms with van der Waals surface area (Å²) < 4.78 is 0. The van der Waals surface area contributed by atoms with Crippen LogP contribution in [0.4, 0.5) is 0 Å². The second-order valence-electron chi connectivity index (χ2n) is 5.88. The van der Waals surface area contributed by atoms with E-state index in [1.807, 2.05) is 17.9 Å². The van der Waals surface area contributed by atoms with Gasteiger partial charge in [-0.2, -0.15) is 5.10 Å². The topological polar surface area (TPSA) is 75.0 Å². The Morgan fingerprint density at radius 3 is 2.75 bits per heavy atom. The number of nitrogens with one attached hydrogen (secondary N) is 1. The van der Waals surface area contributed by atoms with Crippen molar-refractivity contribution in [3.05, 3.63) is 17.5 Å². The lowest BCUT2D eigenvalue weighted by Gasteiger charge is -2.34. The van der Waals surface area contributed by atoms with E-state index in [1.165, 1.54) is 0 Å². The average Bonchev–Trinajstić information content (AvgIpc) is 2.87. The second-order valence-corrected chi connectivity index (χ2v) is 5.88. The van der Waals surface area contributed by atoms with Crippen LogP contribution in [0.15, 0.2) is 6.07 Å². The lowest BCUT2D eigenvalue weighted by molar-refractivity contribution is 0.0655. The van der Waals surface area contributed by atoms with E-state index in [0.29, 0.717) is 17.5 Å². The van der Waals surface area contributed by atoms with Crippen LogP contribution in [-0.2, 0) is 0 Å². The predicted octanol–water partition coefficient (Wildman–Crippen LogP) is 2.15. The molecule has 0 aromatic carbocycles. The molecular weight excluding hydrogens is 276 g/mol. The zero-order chi connectivity index (χ0) is 14.0. The van der Waals surface area contributed by atoms with Crippen molar-refractivity contribution in [3.63, 3.8) is 0 Å². The summed E-state index contributed by atoms with van der Waals surface area (Å²) in [6, 6.07) is 2.00. The van der Waals surface area contributed by atoms with Crippen LogP contribution >= 0.6 is 12.4 Å². The molecule has 0 aliphatic carbocycles. The van der Waals surface area contributed by atoms with Gasteiger partial charge in [-0.05, 0) is 37.7 Å². The number of amides is 1. The first-order valence-electron chi connectivity index (χ1n) is 7.09. The summed E-state index contributed by atoms with van der Waals surface area (Å²) in [4.78, 5) is 14.3. The number of carbonyl (C=O) groups is 1. The number of hydrogen-bond donors (Lipinski definition) is 2. The third-order valence-electron chi connectivity index (χ3n) is 3.93. The molecule has 1 aromatic rings. The van der Waals surface area contributed by atoms with Gasteiger partial charge in [0.15, 0.2) is 0 Å². The van der Waals surface area contributed by atoms with Crippen molar-refractivity contribution in [2.45, 2.75) is 45.6 Å². The Hall–Kier alpha value is -1.07. The van der Waals surface area contributed by atoms with E-state index in [1.54, 1.807) is 0 Å². The molecule has 1 aromatic heterocycles. The molecule has 6 heteroatoms. The minimum Gasteiger partial charge on any atom is -0.337 e. The van der Waals surface area contributed by atoms with Crippen LogP contribution in [0.25, 0.3) is 0 Å². The molecule has 0 bridgehead atoms. The number of hydrogen-bond acceptors (Lipinski definition) is 3. The zero-order valence-corrected chi connectivity index (χ0v) is 13.2. The molecule has 1 saturated heterocycles. The highest BCUT2D eigenvalue weighted by atomic mass is 35.5. The SMILES string of the molecule is CC(C)c1cc(C(=O)N2CCCC(C(C)N)C2)n[nH]1.Cl. The second kappa shape index (κ2) is 7.09. The molecule has 3 N–H and O–H groups in total. The maximum atomic E-state index is 12.4. The van der Waals surface area contributed by atoms with Crippen molar-refractivity contribution < 1.29 is 4.79 Å². The molecule has 2 heterocycles. The number of piperidine rings is 1.